The molecule has 1 saturated carbocycles. The van der Waals surface area contributed by atoms with E-state index >= 15 is 0 Å². The van der Waals surface area contributed by atoms with E-state index in [9.17, 15) is 9.59 Å². The number of piperidine rings is 1. The van der Waals surface area contributed by atoms with Crippen LogP contribution in [-0.4, -0.2) is 39.6 Å². The highest BCUT2D eigenvalue weighted by atomic mass is 16.2. The molecule has 1 aromatic carbocycles. The predicted octanol–water partition coefficient (Wildman–Crippen LogP) is 2.77. The van der Waals surface area contributed by atoms with Gasteiger partial charge in [-0.25, -0.2) is 4.68 Å². The molecule has 2 amide bonds. The van der Waals surface area contributed by atoms with Crippen LogP contribution in [0, 0.1) is 11.8 Å². The number of hydrogen-bond donors (Lipinski definition) is 1. The summed E-state index contributed by atoms with van der Waals surface area (Å²) in [6.07, 6.45) is 7.97. The van der Waals surface area contributed by atoms with Gasteiger partial charge in [-0.15, -0.1) is 0 Å². The zero-order valence-corrected chi connectivity index (χ0v) is 15.7. The lowest BCUT2D eigenvalue weighted by molar-refractivity contribution is -0.122. The molecule has 0 bridgehead atoms. The summed E-state index contributed by atoms with van der Waals surface area (Å²) in [5, 5.41) is 7.32. The van der Waals surface area contributed by atoms with E-state index in [1.807, 2.05) is 35.4 Å². The van der Waals surface area contributed by atoms with E-state index in [4.69, 9.17) is 0 Å². The zero-order valence-electron chi connectivity index (χ0n) is 15.7. The second-order valence-corrected chi connectivity index (χ2v) is 7.83. The molecule has 2 aliphatic rings. The first-order valence-corrected chi connectivity index (χ1v) is 9.81. The largest absolute Gasteiger partial charge is 0.352 e. The van der Waals surface area contributed by atoms with Crippen molar-refractivity contribution in [1.29, 1.82) is 0 Å². The van der Waals surface area contributed by atoms with Crippen molar-refractivity contribution >= 4 is 11.8 Å². The van der Waals surface area contributed by atoms with Crippen molar-refractivity contribution in [2.45, 2.75) is 39.2 Å². The Morgan fingerprint density at radius 3 is 2.67 bits per heavy atom. The Morgan fingerprint density at radius 1 is 1.19 bits per heavy atom. The van der Waals surface area contributed by atoms with Crippen molar-refractivity contribution in [3.8, 4) is 5.69 Å². The third kappa shape index (κ3) is 4.21. The number of aromatic nitrogens is 2. The Labute approximate surface area is 159 Å². The summed E-state index contributed by atoms with van der Waals surface area (Å²) in [5.41, 5.74) is 2.58. The molecule has 1 aliphatic carbocycles. The Balaban J connectivity index is 1.38. The van der Waals surface area contributed by atoms with Gasteiger partial charge in [-0.1, -0.05) is 6.92 Å². The molecule has 1 atom stereocenters. The van der Waals surface area contributed by atoms with Crippen LogP contribution in [-0.2, 0) is 11.3 Å². The summed E-state index contributed by atoms with van der Waals surface area (Å²) in [4.78, 5) is 26.4. The van der Waals surface area contributed by atoms with E-state index in [1.165, 1.54) is 6.42 Å². The molecule has 142 valence electrons. The molecular weight excluding hydrogens is 340 g/mol. The fourth-order valence-electron chi connectivity index (χ4n) is 3.58. The van der Waals surface area contributed by atoms with Gasteiger partial charge < -0.3 is 10.2 Å². The van der Waals surface area contributed by atoms with Crippen LogP contribution < -0.4 is 5.32 Å². The summed E-state index contributed by atoms with van der Waals surface area (Å²) < 4.78 is 1.77. The maximum Gasteiger partial charge on any atom is 0.253 e. The third-order valence-electron chi connectivity index (χ3n) is 5.37. The lowest BCUT2D eigenvalue weighted by Crippen LogP contribution is -2.39. The van der Waals surface area contributed by atoms with Crippen LogP contribution in [0.15, 0.2) is 36.7 Å². The van der Waals surface area contributed by atoms with E-state index in [2.05, 4.69) is 17.3 Å². The van der Waals surface area contributed by atoms with Gasteiger partial charge in [0.25, 0.3) is 5.91 Å². The number of benzene rings is 1. The lowest BCUT2D eigenvalue weighted by atomic mass is 9.99. The average Bonchev–Trinajstić information content (AvgIpc) is 3.44. The van der Waals surface area contributed by atoms with Gasteiger partial charge in [0.1, 0.15) is 0 Å². The van der Waals surface area contributed by atoms with Crippen LogP contribution in [0.4, 0.5) is 0 Å². The number of nitrogens with one attached hydrogen (secondary N) is 1. The lowest BCUT2D eigenvalue weighted by Gasteiger charge is -2.31. The molecule has 2 fully saturated rings. The molecule has 1 aromatic heterocycles. The van der Waals surface area contributed by atoms with E-state index in [0.717, 1.165) is 49.2 Å². The molecule has 1 unspecified atom stereocenters. The van der Waals surface area contributed by atoms with Gasteiger partial charge in [0.2, 0.25) is 5.91 Å². The quantitative estimate of drug-likeness (QED) is 0.885. The summed E-state index contributed by atoms with van der Waals surface area (Å²) in [7, 11) is 0. The van der Waals surface area contributed by atoms with Crippen molar-refractivity contribution in [3.05, 3.63) is 47.8 Å². The van der Waals surface area contributed by atoms with Gasteiger partial charge >= 0.3 is 0 Å². The Morgan fingerprint density at radius 2 is 1.96 bits per heavy atom. The fraction of sp³-hybridized carbons (Fsp3) is 0.476. The molecule has 6 nitrogen and oxygen atoms in total. The van der Waals surface area contributed by atoms with Gasteiger partial charge in [-0.05, 0) is 55.9 Å². The monoisotopic (exact) mass is 366 g/mol. The Kier molecular flexibility index (Phi) is 4.97. The molecule has 2 aromatic rings. The van der Waals surface area contributed by atoms with E-state index in [-0.39, 0.29) is 17.7 Å². The minimum absolute atomic E-state index is 0.108. The summed E-state index contributed by atoms with van der Waals surface area (Å²) in [6.45, 7) is 4.39. The maximum absolute atomic E-state index is 12.7. The Hall–Kier alpha value is -2.63. The maximum atomic E-state index is 12.7. The first kappa shape index (κ1) is 17.8. The van der Waals surface area contributed by atoms with Crippen molar-refractivity contribution < 1.29 is 9.59 Å². The SMILES string of the molecule is CC1CCCN(C(=O)c2ccc(-n3cc(CNC(=O)C4CC4)cn3)cc2)C1. The highest BCUT2D eigenvalue weighted by Crippen LogP contribution is 2.28. The molecule has 2 heterocycles. The smallest absolute Gasteiger partial charge is 0.253 e. The molecular formula is C21H26N4O2. The number of likely N-dealkylation sites (tertiary alicyclic amines) is 1. The Bertz CT molecular complexity index is 823. The fourth-order valence-corrected chi connectivity index (χ4v) is 3.58. The molecule has 1 N–H and O–H groups in total. The van der Waals surface area contributed by atoms with Crippen molar-refractivity contribution in [2.75, 3.05) is 13.1 Å². The van der Waals surface area contributed by atoms with Crippen molar-refractivity contribution in [3.63, 3.8) is 0 Å². The van der Waals surface area contributed by atoms with Crippen LogP contribution >= 0.6 is 0 Å². The molecule has 1 aliphatic heterocycles. The predicted molar refractivity (Wildman–Crippen MR) is 102 cm³/mol. The minimum atomic E-state index is 0.108. The minimum Gasteiger partial charge on any atom is -0.352 e. The second-order valence-electron chi connectivity index (χ2n) is 7.83. The van der Waals surface area contributed by atoms with Crippen LogP contribution in [0.5, 0.6) is 0 Å². The van der Waals surface area contributed by atoms with E-state index in [0.29, 0.717) is 12.5 Å². The summed E-state index contributed by atoms with van der Waals surface area (Å²) in [6, 6.07) is 7.57. The van der Waals surface area contributed by atoms with Crippen LogP contribution in [0.3, 0.4) is 0 Å². The molecule has 1 saturated heterocycles. The van der Waals surface area contributed by atoms with Crippen LogP contribution in [0.1, 0.15) is 48.5 Å². The summed E-state index contributed by atoms with van der Waals surface area (Å²) >= 11 is 0. The van der Waals surface area contributed by atoms with E-state index in [1.54, 1.807) is 10.9 Å². The number of hydrogen-bond acceptors (Lipinski definition) is 3. The highest BCUT2D eigenvalue weighted by molar-refractivity contribution is 5.94. The number of carbonyl (C=O) groups is 2. The summed E-state index contributed by atoms with van der Waals surface area (Å²) in [5.74, 6) is 1.03. The normalized spacial score (nSPS) is 19.7. The third-order valence-corrected chi connectivity index (χ3v) is 5.37. The van der Waals surface area contributed by atoms with Gasteiger partial charge in [0, 0.05) is 42.9 Å². The standard InChI is InChI=1S/C21H26N4O2/c1-15-3-2-10-24(13-15)21(27)18-6-8-19(9-7-18)25-14-16(12-23-25)11-22-20(26)17-4-5-17/h6-9,12,14-15,17H,2-5,10-11,13H2,1H3,(H,22,26). The molecule has 0 spiro atoms. The number of rotatable bonds is 5. The van der Waals surface area contributed by atoms with Crippen LogP contribution in [0.25, 0.3) is 5.69 Å². The van der Waals surface area contributed by atoms with Gasteiger partial charge in [0.15, 0.2) is 0 Å². The van der Waals surface area contributed by atoms with Crippen molar-refractivity contribution in [1.82, 2.24) is 20.0 Å². The first-order chi connectivity index (χ1) is 13.1. The van der Waals surface area contributed by atoms with E-state index < -0.39 is 0 Å². The average molecular weight is 366 g/mol. The van der Waals surface area contributed by atoms with Crippen LogP contribution in [0.2, 0.25) is 0 Å². The van der Waals surface area contributed by atoms with Gasteiger partial charge in [0.05, 0.1) is 11.9 Å². The first-order valence-electron chi connectivity index (χ1n) is 9.81. The van der Waals surface area contributed by atoms with Gasteiger partial charge in [-0.3, -0.25) is 9.59 Å². The molecule has 4 rings (SSSR count). The molecule has 6 heteroatoms. The number of carbonyl (C=O) groups excluding carboxylic acids is 2. The second kappa shape index (κ2) is 7.55. The number of nitrogens with zero attached hydrogens (tertiary/aromatic N) is 3. The highest BCUT2D eigenvalue weighted by Gasteiger charge is 2.29. The van der Waals surface area contributed by atoms with Gasteiger partial charge in [-0.2, -0.15) is 5.10 Å². The topological polar surface area (TPSA) is 67.2 Å². The zero-order chi connectivity index (χ0) is 18.8. The molecule has 0 radical (unpaired) electrons. The number of amides is 2. The van der Waals surface area contributed by atoms with Crippen molar-refractivity contribution in [2.24, 2.45) is 11.8 Å². The molecule has 27 heavy (non-hydrogen) atoms.